The lowest BCUT2D eigenvalue weighted by Gasteiger charge is -2.34. The van der Waals surface area contributed by atoms with Crippen molar-refractivity contribution in [1.82, 2.24) is 11.0 Å². The summed E-state index contributed by atoms with van der Waals surface area (Å²) < 4.78 is 99.3. The molecule has 0 unspecified atom stereocenters. The van der Waals surface area contributed by atoms with E-state index in [-0.39, 0.29) is 88.3 Å². The summed E-state index contributed by atoms with van der Waals surface area (Å²) in [6.07, 6.45) is -0.238. The molecule has 0 saturated carbocycles. The molecule has 2 aliphatic heterocycles. The van der Waals surface area contributed by atoms with Crippen molar-refractivity contribution in [3.8, 4) is 23.0 Å². The number of carbonyl (C=O) groups excluding carboxylic acids is 3. The molecule has 0 spiro atoms. The van der Waals surface area contributed by atoms with E-state index in [1.54, 1.807) is 30.3 Å². The molecule has 2 heterocycles. The minimum absolute atomic E-state index is 0.0581. The molecule has 4 aromatic rings. The van der Waals surface area contributed by atoms with Gasteiger partial charge < -0.3 is 33.2 Å². The summed E-state index contributed by atoms with van der Waals surface area (Å²) in [7, 11) is -6.88. The fourth-order valence-electron chi connectivity index (χ4n) is 6.75. The topological polar surface area (TPSA) is 249 Å². The average molecular weight is 919 g/mol. The van der Waals surface area contributed by atoms with Crippen LogP contribution in [-0.4, -0.2) is 114 Å². The van der Waals surface area contributed by atoms with Crippen LogP contribution in [0.3, 0.4) is 0 Å². The Balaban J connectivity index is 0.000000239. The molecule has 63 heavy (non-hydrogen) atoms. The highest BCUT2D eigenvalue weighted by Crippen LogP contribution is 2.37. The zero-order valence-corrected chi connectivity index (χ0v) is 35.7. The van der Waals surface area contributed by atoms with Crippen molar-refractivity contribution in [2.75, 3.05) is 60.0 Å². The van der Waals surface area contributed by atoms with Crippen LogP contribution in [0.4, 0.5) is 4.39 Å². The monoisotopic (exact) mass is 918 g/mol. The van der Waals surface area contributed by atoms with Gasteiger partial charge in [0, 0.05) is 32.5 Å². The molecule has 2 saturated heterocycles. The Morgan fingerprint density at radius 1 is 0.587 bits per heavy atom. The molecule has 6 rings (SSSR count). The summed E-state index contributed by atoms with van der Waals surface area (Å²) in [5, 5.41) is 18.2. The number of hydroxylamine groups is 2. The van der Waals surface area contributed by atoms with Gasteiger partial charge in [0.2, 0.25) is 0 Å². The van der Waals surface area contributed by atoms with Gasteiger partial charge in [0.05, 0.1) is 22.5 Å². The van der Waals surface area contributed by atoms with Crippen LogP contribution >= 0.6 is 0 Å². The molecular formula is C42H47FN2O16S2. The number of carbonyl (C=O) groups is 3. The molecule has 4 N–H and O–H groups in total. The van der Waals surface area contributed by atoms with Crippen molar-refractivity contribution in [2.24, 2.45) is 0 Å². The third-order valence-electron chi connectivity index (χ3n) is 10.2. The van der Waals surface area contributed by atoms with Crippen LogP contribution in [0.1, 0.15) is 36.0 Å². The van der Waals surface area contributed by atoms with Gasteiger partial charge in [-0.15, -0.1) is 0 Å². The lowest BCUT2D eigenvalue weighted by molar-refractivity contribution is -0.135. The second-order valence-corrected chi connectivity index (χ2v) is 18.4. The van der Waals surface area contributed by atoms with Gasteiger partial charge in [0.15, 0.2) is 29.2 Å². The van der Waals surface area contributed by atoms with Gasteiger partial charge >= 0.3 is 5.97 Å². The summed E-state index contributed by atoms with van der Waals surface area (Å²) in [6, 6.07) is 23.6. The number of methoxy groups -OCH3 is 1. The van der Waals surface area contributed by atoms with E-state index in [2.05, 4.69) is 4.74 Å². The van der Waals surface area contributed by atoms with Crippen molar-refractivity contribution < 1.29 is 79.2 Å². The van der Waals surface area contributed by atoms with E-state index in [1.807, 2.05) is 0 Å². The fraction of sp³-hybridized carbons (Fsp3) is 0.357. The van der Waals surface area contributed by atoms with E-state index < -0.39 is 52.8 Å². The highest BCUT2D eigenvalue weighted by atomic mass is 32.2. The Morgan fingerprint density at radius 2 is 0.968 bits per heavy atom. The maximum Gasteiger partial charge on any atom is 0.337 e. The second kappa shape index (κ2) is 22.0. The van der Waals surface area contributed by atoms with Crippen molar-refractivity contribution in [2.45, 2.75) is 45.0 Å². The molecule has 0 bridgehead atoms. The number of halogens is 1. The van der Waals surface area contributed by atoms with E-state index in [0.29, 0.717) is 28.6 Å². The van der Waals surface area contributed by atoms with Gasteiger partial charge in [-0.1, -0.05) is 12.1 Å². The molecular weight excluding hydrogens is 872 g/mol. The first-order valence-corrected chi connectivity index (χ1v) is 22.4. The van der Waals surface area contributed by atoms with E-state index >= 15 is 0 Å². The SMILES string of the molecule is COC(=O)c1cccc(OCCOc2ccc(S(=O)(=O)C3(C(=O)NO)CCOCC3)cc2)c1.O=C(NO)C1(S(=O)(=O)c2ccc(OCCOc3cccc(F)c3)cc2)CCOCC1. The van der Waals surface area contributed by atoms with Crippen molar-refractivity contribution in [1.29, 1.82) is 0 Å². The Kier molecular flexibility index (Phi) is 16.8. The highest BCUT2D eigenvalue weighted by molar-refractivity contribution is 7.94. The molecule has 2 amide bonds. The number of hydrogen-bond acceptors (Lipinski definition) is 16. The van der Waals surface area contributed by atoms with Gasteiger partial charge in [-0.25, -0.2) is 37.0 Å². The van der Waals surface area contributed by atoms with E-state index in [4.69, 9.17) is 38.8 Å². The maximum absolute atomic E-state index is 13.2. The highest BCUT2D eigenvalue weighted by Gasteiger charge is 2.53. The van der Waals surface area contributed by atoms with Crippen LogP contribution in [-0.2, 0) is 43.5 Å². The number of ether oxygens (including phenoxy) is 7. The number of benzene rings is 4. The first-order valence-electron chi connectivity index (χ1n) is 19.4. The van der Waals surface area contributed by atoms with Gasteiger partial charge in [-0.2, -0.15) is 0 Å². The number of esters is 1. The number of sulfone groups is 2. The minimum atomic E-state index is -4.10. The number of nitrogens with one attached hydrogen (secondary N) is 2. The van der Waals surface area contributed by atoms with Crippen molar-refractivity contribution in [3.05, 3.63) is 108 Å². The van der Waals surface area contributed by atoms with Crippen LogP contribution < -0.4 is 29.9 Å². The predicted molar refractivity (Wildman–Crippen MR) is 219 cm³/mol. The van der Waals surface area contributed by atoms with Crippen LogP contribution in [0, 0.1) is 5.82 Å². The Morgan fingerprint density at radius 3 is 1.35 bits per heavy atom. The van der Waals surface area contributed by atoms with E-state index in [9.17, 15) is 35.6 Å². The number of amides is 2. The molecule has 0 atom stereocenters. The fourth-order valence-corrected chi connectivity index (χ4v) is 10.6. The molecule has 340 valence electrons. The van der Waals surface area contributed by atoms with Crippen LogP contribution in [0.25, 0.3) is 0 Å². The summed E-state index contributed by atoms with van der Waals surface area (Å²) >= 11 is 0. The first-order chi connectivity index (χ1) is 30.2. The Bertz CT molecular complexity index is 2390. The Labute approximate surface area is 362 Å². The van der Waals surface area contributed by atoms with Crippen molar-refractivity contribution >= 4 is 37.5 Å². The van der Waals surface area contributed by atoms with Crippen LogP contribution in [0.2, 0.25) is 0 Å². The summed E-state index contributed by atoms with van der Waals surface area (Å²) in [5.74, 6) is -1.14. The molecule has 0 aromatic heterocycles. The standard InChI is InChI=1S/C22H25NO9S.C20H22FNO7S/c1-29-20(24)16-3-2-4-18(15-16)32-14-13-31-17-5-7-19(8-6-17)33(27,28)22(21(25)23-26)9-11-30-12-10-22;21-15-2-1-3-17(14-15)29-13-12-28-16-4-6-18(7-5-16)30(25,26)20(19(23)22-24)8-10-27-11-9-20/h2-8,15,26H,9-14H2,1H3,(H,23,25);1-7,14,24H,8-13H2,(H,22,23). The van der Waals surface area contributed by atoms with Gasteiger partial charge in [-0.05, 0) is 105 Å². The van der Waals surface area contributed by atoms with Crippen LogP contribution in [0.5, 0.6) is 23.0 Å². The lowest BCUT2D eigenvalue weighted by atomic mass is 9.98. The molecule has 0 radical (unpaired) electrons. The lowest BCUT2D eigenvalue weighted by Crippen LogP contribution is -2.54. The first kappa shape index (κ1) is 48.2. The van der Waals surface area contributed by atoms with Gasteiger partial charge in [0.1, 0.15) is 55.2 Å². The zero-order valence-electron chi connectivity index (χ0n) is 34.0. The third kappa shape index (κ3) is 11.4. The summed E-state index contributed by atoms with van der Waals surface area (Å²) in [4.78, 5) is 36.0. The quantitative estimate of drug-likeness (QED) is 0.0508. The van der Waals surface area contributed by atoms with Gasteiger partial charge in [0.25, 0.3) is 11.8 Å². The van der Waals surface area contributed by atoms with E-state index in [0.717, 1.165) is 0 Å². The average Bonchev–Trinajstić information content (AvgIpc) is 3.32. The summed E-state index contributed by atoms with van der Waals surface area (Å²) in [5.41, 5.74) is 3.33. The summed E-state index contributed by atoms with van der Waals surface area (Å²) in [6.45, 7) is 1.07. The van der Waals surface area contributed by atoms with Crippen LogP contribution in [0.15, 0.2) is 107 Å². The Hall–Kier alpha value is -5.84. The predicted octanol–water partition coefficient (Wildman–Crippen LogP) is 3.87. The molecule has 2 aliphatic rings. The molecule has 18 nitrogen and oxygen atoms in total. The smallest absolute Gasteiger partial charge is 0.337 e. The second-order valence-electron chi connectivity index (χ2n) is 13.9. The van der Waals surface area contributed by atoms with Gasteiger partial charge in [-0.3, -0.25) is 20.0 Å². The largest absolute Gasteiger partial charge is 0.490 e. The maximum atomic E-state index is 13.2. The van der Waals surface area contributed by atoms with E-state index in [1.165, 1.54) is 84.8 Å². The zero-order chi connectivity index (χ0) is 45.5. The third-order valence-corrected chi connectivity index (χ3v) is 15.3. The molecule has 2 fully saturated rings. The molecule has 4 aromatic carbocycles. The minimum Gasteiger partial charge on any atom is -0.490 e. The number of rotatable bonds is 17. The molecule has 0 aliphatic carbocycles. The normalized spacial score (nSPS) is 15.6. The molecule has 21 heteroatoms. The number of hydrogen-bond donors (Lipinski definition) is 4. The van der Waals surface area contributed by atoms with Crippen molar-refractivity contribution in [3.63, 3.8) is 0 Å².